The molecule has 0 spiro atoms. The number of likely N-dealkylation sites (tertiary alicyclic amines) is 1. The number of hydrogen-bond donors (Lipinski definition) is 1. The van der Waals surface area contributed by atoms with Gasteiger partial charge in [0.25, 0.3) is 5.91 Å². The van der Waals surface area contributed by atoms with E-state index in [9.17, 15) is 9.59 Å². The van der Waals surface area contributed by atoms with Crippen molar-refractivity contribution < 1.29 is 19.1 Å². The summed E-state index contributed by atoms with van der Waals surface area (Å²) < 4.78 is 11.6. The van der Waals surface area contributed by atoms with E-state index >= 15 is 0 Å². The number of hydrogen-bond acceptors (Lipinski definition) is 6. The van der Waals surface area contributed by atoms with Crippen molar-refractivity contribution in [2.75, 3.05) is 32.8 Å². The molecule has 47 heavy (non-hydrogen) atoms. The summed E-state index contributed by atoms with van der Waals surface area (Å²) in [4.78, 5) is 37.8. The minimum Gasteiger partial charge on any atom is -0.439 e. The minimum absolute atomic E-state index is 0.0359. The number of nitrogens with zero attached hydrogens (tertiary/aromatic N) is 4. The predicted octanol–water partition coefficient (Wildman–Crippen LogP) is 6.56. The second-order valence-corrected chi connectivity index (χ2v) is 13.8. The largest absolute Gasteiger partial charge is 0.439 e. The van der Waals surface area contributed by atoms with Gasteiger partial charge in [0.15, 0.2) is 0 Å². The van der Waals surface area contributed by atoms with Gasteiger partial charge >= 0.3 is 6.03 Å². The maximum atomic E-state index is 14.1. The fourth-order valence-electron chi connectivity index (χ4n) is 7.00. The SMILES string of the molecule is CC/C=C\C(=C/C(C)C)C1CN(C2CCOCC2)C(=O)N1C1CCN(Cc2ccc(Oc3ccc(C(=O)NC4CC4)cc3)nc2)CC1. The van der Waals surface area contributed by atoms with Gasteiger partial charge in [0, 0.05) is 75.3 Å². The lowest BCUT2D eigenvalue weighted by Crippen LogP contribution is -2.50. The second-order valence-electron chi connectivity index (χ2n) is 13.8. The number of carbonyl (C=O) groups is 2. The summed E-state index contributed by atoms with van der Waals surface area (Å²) in [7, 11) is 0. The smallest absolute Gasteiger partial charge is 0.321 e. The zero-order valence-electron chi connectivity index (χ0n) is 28.3. The second kappa shape index (κ2) is 15.5. The molecule has 3 saturated heterocycles. The molecule has 1 saturated carbocycles. The third-order valence-electron chi connectivity index (χ3n) is 9.67. The molecule has 0 radical (unpaired) electrons. The molecule has 1 N–H and O–H groups in total. The third-order valence-corrected chi connectivity index (χ3v) is 9.67. The average Bonchev–Trinajstić information content (AvgIpc) is 3.84. The van der Waals surface area contributed by atoms with E-state index in [0.29, 0.717) is 29.2 Å². The van der Waals surface area contributed by atoms with E-state index in [2.05, 4.69) is 70.1 Å². The van der Waals surface area contributed by atoms with Gasteiger partial charge in [0.05, 0.1) is 6.04 Å². The molecule has 6 rings (SSSR count). The van der Waals surface area contributed by atoms with E-state index in [-0.39, 0.29) is 30.1 Å². The van der Waals surface area contributed by atoms with E-state index in [1.165, 1.54) is 5.57 Å². The Balaban J connectivity index is 1.05. The first-order valence-corrected chi connectivity index (χ1v) is 17.7. The fourth-order valence-corrected chi connectivity index (χ4v) is 7.00. The molecular weight excluding hydrogens is 590 g/mol. The van der Waals surface area contributed by atoms with Crippen molar-refractivity contribution in [3.63, 3.8) is 0 Å². The average molecular weight is 642 g/mol. The standard InChI is InChI=1S/C38H51N5O4/c1-4-5-6-30(23-27(2)3)35-26-42(32-17-21-46-22-18-32)38(45)43(35)33-15-19-41(20-16-33)25-28-7-14-36(39-24-28)47-34-12-8-29(9-13-34)37(44)40-31-10-11-31/h5-9,12-14,23-24,27,31-33,35H,4,10-11,15-22,25-26H2,1-3H3,(H,40,44)/b6-5-,30-23+. The van der Waals surface area contributed by atoms with Crippen molar-refractivity contribution in [1.29, 1.82) is 0 Å². The van der Waals surface area contributed by atoms with Crippen LogP contribution in [-0.4, -0.2) is 88.6 Å². The maximum Gasteiger partial charge on any atom is 0.321 e. The molecule has 1 aliphatic carbocycles. The van der Waals surface area contributed by atoms with Crippen molar-refractivity contribution in [1.82, 2.24) is 25.0 Å². The van der Waals surface area contributed by atoms with Crippen LogP contribution in [0.15, 0.2) is 66.4 Å². The molecule has 1 aromatic heterocycles. The number of carbonyl (C=O) groups excluding carboxylic acids is 2. The van der Waals surface area contributed by atoms with E-state index in [1.54, 1.807) is 12.1 Å². The summed E-state index contributed by atoms with van der Waals surface area (Å²) in [5.41, 5.74) is 3.05. The molecule has 4 fully saturated rings. The lowest BCUT2D eigenvalue weighted by atomic mass is 9.96. The molecule has 1 aromatic carbocycles. The predicted molar refractivity (Wildman–Crippen MR) is 183 cm³/mol. The number of piperidine rings is 1. The number of rotatable bonds is 12. The molecular formula is C38H51N5O4. The molecule has 252 valence electrons. The molecule has 4 aliphatic rings. The van der Waals surface area contributed by atoms with E-state index in [0.717, 1.165) is 89.9 Å². The topological polar surface area (TPSA) is 87.2 Å². The van der Waals surface area contributed by atoms with Crippen molar-refractivity contribution in [3.8, 4) is 11.6 Å². The van der Waals surface area contributed by atoms with Gasteiger partial charge in [0.1, 0.15) is 5.75 Å². The molecule has 0 bridgehead atoms. The third kappa shape index (κ3) is 8.62. The van der Waals surface area contributed by atoms with Gasteiger partial charge in [0.2, 0.25) is 5.88 Å². The van der Waals surface area contributed by atoms with Crippen LogP contribution in [0.5, 0.6) is 11.6 Å². The van der Waals surface area contributed by atoms with Gasteiger partial charge in [-0.15, -0.1) is 0 Å². The normalized spacial score (nSPS) is 22.1. The molecule has 2 aromatic rings. The molecule has 3 amide bonds. The summed E-state index contributed by atoms with van der Waals surface area (Å²) in [5.74, 6) is 1.55. The highest BCUT2D eigenvalue weighted by Gasteiger charge is 2.45. The lowest BCUT2D eigenvalue weighted by Gasteiger charge is -2.39. The lowest BCUT2D eigenvalue weighted by molar-refractivity contribution is 0.0493. The summed E-state index contributed by atoms with van der Waals surface area (Å²) >= 11 is 0. The van der Waals surface area contributed by atoms with Crippen molar-refractivity contribution in [3.05, 3.63) is 77.5 Å². The number of allylic oxidation sites excluding steroid dienone is 2. The Morgan fingerprint density at radius 2 is 1.77 bits per heavy atom. The monoisotopic (exact) mass is 641 g/mol. The minimum atomic E-state index is -0.0359. The molecule has 4 heterocycles. The number of aromatic nitrogens is 1. The molecule has 9 heteroatoms. The summed E-state index contributed by atoms with van der Waals surface area (Å²) in [6.45, 7) is 11.5. The summed E-state index contributed by atoms with van der Waals surface area (Å²) in [6.07, 6.45) is 15.6. The van der Waals surface area contributed by atoms with Gasteiger partial charge in [-0.25, -0.2) is 9.78 Å². The first-order chi connectivity index (χ1) is 22.9. The molecule has 9 nitrogen and oxygen atoms in total. The maximum absolute atomic E-state index is 14.1. The fraction of sp³-hybridized carbons (Fsp3) is 0.553. The Morgan fingerprint density at radius 3 is 2.40 bits per heavy atom. The summed E-state index contributed by atoms with van der Waals surface area (Å²) in [6, 6.07) is 12.3. The van der Waals surface area contributed by atoms with Crippen LogP contribution in [0.2, 0.25) is 0 Å². The Bertz CT molecular complexity index is 1400. The molecule has 1 atom stereocenters. The first kappa shape index (κ1) is 33.2. The van der Waals surface area contributed by atoms with Gasteiger partial charge in [-0.1, -0.05) is 45.1 Å². The van der Waals surface area contributed by atoms with Crippen LogP contribution in [0.4, 0.5) is 4.79 Å². The van der Waals surface area contributed by atoms with Crippen LogP contribution in [0.25, 0.3) is 0 Å². The van der Waals surface area contributed by atoms with Crippen LogP contribution >= 0.6 is 0 Å². The quantitative estimate of drug-likeness (QED) is 0.264. The highest BCUT2D eigenvalue weighted by molar-refractivity contribution is 5.94. The van der Waals surface area contributed by atoms with Crippen LogP contribution in [-0.2, 0) is 11.3 Å². The Kier molecular flexibility index (Phi) is 10.9. The van der Waals surface area contributed by atoms with Gasteiger partial charge in [-0.3, -0.25) is 9.69 Å². The number of benzene rings is 1. The van der Waals surface area contributed by atoms with Crippen molar-refractivity contribution in [2.45, 2.75) is 96.4 Å². The van der Waals surface area contributed by atoms with Crippen LogP contribution in [0.3, 0.4) is 0 Å². The van der Waals surface area contributed by atoms with E-state index in [1.807, 2.05) is 24.4 Å². The highest BCUT2D eigenvalue weighted by Crippen LogP contribution is 2.33. The Labute approximate surface area is 280 Å². The van der Waals surface area contributed by atoms with Crippen LogP contribution in [0, 0.1) is 5.92 Å². The Morgan fingerprint density at radius 1 is 1.02 bits per heavy atom. The Hall–Kier alpha value is -3.69. The van der Waals surface area contributed by atoms with Gasteiger partial charge < -0.3 is 24.6 Å². The zero-order valence-corrected chi connectivity index (χ0v) is 28.3. The van der Waals surface area contributed by atoms with Crippen LogP contribution < -0.4 is 10.1 Å². The number of amides is 3. The van der Waals surface area contributed by atoms with Crippen molar-refractivity contribution >= 4 is 11.9 Å². The van der Waals surface area contributed by atoms with E-state index < -0.39 is 0 Å². The number of urea groups is 1. The highest BCUT2D eigenvalue weighted by atomic mass is 16.5. The molecule has 3 aliphatic heterocycles. The molecule has 1 unspecified atom stereocenters. The summed E-state index contributed by atoms with van der Waals surface area (Å²) in [5, 5.41) is 3.01. The van der Waals surface area contributed by atoms with Gasteiger partial charge in [-0.05, 0) is 86.3 Å². The van der Waals surface area contributed by atoms with Crippen LogP contribution in [0.1, 0.15) is 81.6 Å². The number of ether oxygens (including phenoxy) is 2. The van der Waals surface area contributed by atoms with Crippen molar-refractivity contribution in [2.24, 2.45) is 5.92 Å². The zero-order chi connectivity index (χ0) is 32.8. The van der Waals surface area contributed by atoms with E-state index in [4.69, 9.17) is 9.47 Å². The number of nitrogens with one attached hydrogen (secondary N) is 1. The van der Waals surface area contributed by atoms with Gasteiger partial charge in [-0.2, -0.15) is 0 Å². The number of pyridine rings is 1. The first-order valence-electron chi connectivity index (χ1n) is 17.7.